The number of esters is 1. The van der Waals surface area contributed by atoms with Gasteiger partial charge in [-0.2, -0.15) is 0 Å². The van der Waals surface area contributed by atoms with Crippen LogP contribution in [0.5, 0.6) is 0 Å². The van der Waals surface area contributed by atoms with Gasteiger partial charge in [0.1, 0.15) is 6.04 Å². The lowest BCUT2D eigenvalue weighted by Crippen LogP contribution is -2.36. The first-order chi connectivity index (χ1) is 14.6. The Kier molecular flexibility index (Phi) is 5.77. The first-order valence-corrected chi connectivity index (χ1v) is 10.1. The number of aryl methyl sites for hydroxylation is 1. The number of nitrogens with one attached hydrogen (secondary N) is 1. The number of rotatable bonds is 5. The van der Waals surface area contributed by atoms with Crippen LogP contribution in [0.15, 0.2) is 84.9 Å². The van der Waals surface area contributed by atoms with Crippen molar-refractivity contribution in [2.24, 2.45) is 5.92 Å². The zero-order valence-corrected chi connectivity index (χ0v) is 17.1. The van der Waals surface area contributed by atoms with E-state index in [9.17, 15) is 9.59 Å². The van der Waals surface area contributed by atoms with Gasteiger partial charge in [0.05, 0.1) is 13.0 Å². The van der Waals surface area contributed by atoms with Gasteiger partial charge in [0.25, 0.3) is 0 Å². The summed E-state index contributed by atoms with van der Waals surface area (Å²) in [5.41, 5.74) is 3.68. The molecular weight excluding hydrogens is 374 g/mol. The third-order valence-corrected chi connectivity index (χ3v) is 5.90. The molecule has 152 valence electrons. The van der Waals surface area contributed by atoms with E-state index < -0.39 is 12.0 Å². The second-order valence-corrected chi connectivity index (χ2v) is 7.75. The zero-order valence-electron chi connectivity index (χ0n) is 17.1. The Labute approximate surface area is 176 Å². The molecule has 30 heavy (non-hydrogen) atoms. The smallest absolute Gasteiger partial charge is 0.323 e. The van der Waals surface area contributed by atoms with Gasteiger partial charge < -0.3 is 4.74 Å². The van der Waals surface area contributed by atoms with Crippen molar-refractivity contribution in [3.63, 3.8) is 0 Å². The summed E-state index contributed by atoms with van der Waals surface area (Å²) in [5.74, 6) is -1.11. The Bertz CT molecular complexity index is 1020. The molecule has 0 saturated carbocycles. The molecule has 1 heterocycles. The standard InChI is InChI=1S/C26H25NO3/c1-17-13-15-20(16-14-17)25(28)22-21(18-9-5-3-6-10-18)24(26(29)30-2)27-23(22)19-11-7-4-8-12-19/h3-16,21-24,27H,1-2H3/t21-,22-,23-,24-/m1/s1. The molecule has 1 fully saturated rings. The highest BCUT2D eigenvalue weighted by Gasteiger charge is 2.51. The molecule has 1 aliphatic heterocycles. The predicted octanol–water partition coefficient (Wildman–Crippen LogP) is 4.46. The van der Waals surface area contributed by atoms with Gasteiger partial charge in [-0.1, -0.05) is 90.5 Å². The van der Waals surface area contributed by atoms with Crippen molar-refractivity contribution in [1.29, 1.82) is 0 Å². The maximum absolute atomic E-state index is 13.8. The van der Waals surface area contributed by atoms with Crippen LogP contribution in [0.25, 0.3) is 0 Å². The largest absolute Gasteiger partial charge is 0.468 e. The molecule has 4 rings (SSSR count). The number of ketones is 1. The molecule has 0 bridgehead atoms. The van der Waals surface area contributed by atoms with E-state index in [-0.39, 0.29) is 23.7 Å². The van der Waals surface area contributed by atoms with E-state index in [1.165, 1.54) is 7.11 Å². The van der Waals surface area contributed by atoms with Crippen molar-refractivity contribution in [3.8, 4) is 0 Å². The molecule has 0 spiro atoms. The first-order valence-electron chi connectivity index (χ1n) is 10.1. The van der Waals surface area contributed by atoms with Crippen molar-refractivity contribution >= 4 is 11.8 Å². The second-order valence-electron chi connectivity index (χ2n) is 7.75. The van der Waals surface area contributed by atoms with E-state index in [4.69, 9.17) is 4.74 Å². The zero-order chi connectivity index (χ0) is 21.1. The van der Waals surface area contributed by atoms with Crippen LogP contribution in [0.3, 0.4) is 0 Å². The molecule has 0 amide bonds. The maximum Gasteiger partial charge on any atom is 0.323 e. The van der Waals surface area contributed by atoms with Crippen molar-refractivity contribution < 1.29 is 14.3 Å². The van der Waals surface area contributed by atoms with Crippen LogP contribution in [0.2, 0.25) is 0 Å². The molecule has 4 nitrogen and oxygen atoms in total. The first kappa shape index (κ1) is 20.0. The van der Waals surface area contributed by atoms with Gasteiger partial charge in [-0.25, -0.2) is 0 Å². The molecular formula is C26H25NO3. The van der Waals surface area contributed by atoms with Crippen molar-refractivity contribution in [1.82, 2.24) is 5.32 Å². The summed E-state index contributed by atoms with van der Waals surface area (Å²) < 4.78 is 5.11. The van der Waals surface area contributed by atoms with Crippen LogP contribution in [0.1, 0.15) is 39.0 Å². The Morgan fingerprint density at radius 2 is 1.37 bits per heavy atom. The molecule has 0 aromatic heterocycles. The summed E-state index contributed by atoms with van der Waals surface area (Å²) in [5, 5.41) is 3.42. The van der Waals surface area contributed by atoms with Crippen LogP contribution in [-0.4, -0.2) is 24.9 Å². The molecule has 3 aromatic carbocycles. The Hall–Kier alpha value is -3.24. The van der Waals surface area contributed by atoms with E-state index >= 15 is 0 Å². The Morgan fingerprint density at radius 1 is 0.800 bits per heavy atom. The summed E-state index contributed by atoms with van der Waals surface area (Å²) >= 11 is 0. The molecule has 3 aromatic rings. The van der Waals surface area contributed by atoms with Crippen LogP contribution in [-0.2, 0) is 9.53 Å². The van der Waals surface area contributed by atoms with E-state index in [1.54, 1.807) is 0 Å². The number of hydrogen-bond acceptors (Lipinski definition) is 4. The summed E-state index contributed by atoms with van der Waals surface area (Å²) in [6.07, 6.45) is 0. The Morgan fingerprint density at radius 3 is 1.93 bits per heavy atom. The lowest BCUT2D eigenvalue weighted by atomic mass is 9.76. The SMILES string of the molecule is COC(=O)[C@@H]1N[C@H](c2ccccc2)[C@H](C(=O)c2ccc(C)cc2)[C@H]1c1ccccc1. The van der Waals surface area contributed by atoms with Crippen LogP contribution < -0.4 is 5.32 Å². The van der Waals surface area contributed by atoms with Crippen LogP contribution in [0.4, 0.5) is 0 Å². The highest BCUT2D eigenvalue weighted by atomic mass is 16.5. The third-order valence-electron chi connectivity index (χ3n) is 5.90. The van der Waals surface area contributed by atoms with E-state index in [1.807, 2.05) is 91.9 Å². The summed E-state index contributed by atoms with van der Waals surface area (Å²) in [6.45, 7) is 2.00. The van der Waals surface area contributed by atoms with Gasteiger partial charge >= 0.3 is 5.97 Å². The average molecular weight is 399 g/mol. The van der Waals surface area contributed by atoms with E-state index in [0.717, 1.165) is 16.7 Å². The van der Waals surface area contributed by atoms with Gasteiger partial charge in [-0.15, -0.1) is 0 Å². The molecule has 0 unspecified atom stereocenters. The quantitative estimate of drug-likeness (QED) is 0.508. The van der Waals surface area contributed by atoms with Gasteiger partial charge in [0.2, 0.25) is 0 Å². The molecule has 1 saturated heterocycles. The Balaban J connectivity index is 1.84. The minimum Gasteiger partial charge on any atom is -0.468 e. The van der Waals surface area contributed by atoms with E-state index in [2.05, 4.69) is 5.32 Å². The highest BCUT2D eigenvalue weighted by Crippen LogP contribution is 2.45. The number of benzene rings is 3. The fourth-order valence-corrected chi connectivity index (χ4v) is 4.42. The number of ether oxygens (including phenoxy) is 1. The number of hydrogen-bond donors (Lipinski definition) is 1. The van der Waals surface area contributed by atoms with Crippen molar-refractivity contribution in [3.05, 3.63) is 107 Å². The summed E-state index contributed by atoms with van der Waals surface area (Å²) in [7, 11) is 1.39. The summed E-state index contributed by atoms with van der Waals surface area (Å²) in [6, 6.07) is 26.3. The van der Waals surface area contributed by atoms with Crippen molar-refractivity contribution in [2.45, 2.75) is 24.9 Å². The molecule has 0 aliphatic carbocycles. The monoisotopic (exact) mass is 399 g/mol. The van der Waals surface area contributed by atoms with Gasteiger partial charge in [-0.05, 0) is 18.1 Å². The van der Waals surface area contributed by atoms with Crippen LogP contribution in [0, 0.1) is 12.8 Å². The lowest BCUT2D eigenvalue weighted by molar-refractivity contribution is -0.143. The minimum absolute atomic E-state index is 0.0246. The summed E-state index contributed by atoms with van der Waals surface area (Å²) in [4.78, 5) is 26.5. The van der Waals surface area contributed by atoms with Gasteiger partial charge in [-0.3, -0.25) is 14.9 Å². The number of methoxy groups -OCH3 is 1. The fraction of sp³-hybridized carbons (Fsp3) is 0.231. The maximum atomic E-state index is 13.8. The van der Waals surface area contributed by atoms with Gasteiger partial charge in [0.15, 0.2) is 5.78 Å². The number of carbonyl (C=O) groups is 2. The molecule has 1 aliphatic rings. The van der Waals surface area contributed by atoms with Crippen molar-refractivity contribution in [2.75, 3.05) is 7.11 Å². The number of carbonyl (C=O) groups excluding carboxylic acids is 2. The number of Topliss-reactive ketones (excluding diaryl/α,β-unsaturated/α-hetero) is 1. The van der Waals surface area contributed by atoms with E-state index in [0.29, 0.717) is 5.56 Å². The third kappa shape index (κ3) is 3.79. The minimum atomic E-state index is -0.609. The topological polar surface area (TPSA) is 55.4 Å². The average Bonchev–Trinajstić information content (AvgIpc) is 3.20. The molecule has 4 heteroatoms. The lowest BCUT2D eigenvalue weighted by Gasteiger charge is -2.25. The normalized spacial score (nSPS) is 23.1. The highest BCUT2D eigenvalue weighted by molar-refractivity contribution is 6.00. The molecule has 0 radical (unpaired) electrons. The predicted molar refractivity (Wildman–Crippen MR) is 116 cm³/mol. The van der Waals surface area contributed by atoms with Crippen LogP contribution >= 0.6 is 0 Å². The fourth-order valence-electron chi connectivity index (χ4n) is 4.42. The molecule has 4 atom stereocenters. The second kappa shape index (κ2) is 8.64. The van der Waals surface area contributed by atoms with Gasteiger partial charge in [0, 0.05) is 17.5 Å². The molecule has 1 N–H and O–H groups in total.